The molecule has 0 spiro atoms. The summed E-state index contributed by atoms with van der Waals surface area (Å²) in [6.07, 6.45) is 3.68. The number of carbonyl (C=O) groups is 1. The van der Waals surface area contributed by atoms with Crippen molar-refractivity contribution in [1.82, 2.24) is 9.88 Å². The van der Waals surface area contributed by atoms with Crippen LogP contribution in [0.15, 0.2) is 40.7 Å². The maximum Gasteiger partial charge on any atom is 0.409 e. The van der Waals surface area contributed by atoms with Crippen molar-refractivity contribution < 1.29 is 23.1 Å². The third-order valence-corrected chi connectivity index (χ3v) is 7.10. The molecule has 1 aliphatic heterocycles. The average molecular weight is 440 g/mol. The SMILES string of the molecule is CCCCOC(=O)N1CCC(O)(c2ccc(S(=O)(=O)Nc3nccs3)cc2)CC1. The van der Waals surface area contributed by atoms with E-state index in [2.05, 4.69) is 9.71 Å². The van der Waals surface area contributed by atoms with Crippen molar-refractivity contribution in [2.24, 2.45) is 0 Å². The van der Waals surface area contributed by atoms with Gasteiger partial charge in [0.25, 0.3) is 10.0 Å². The molecular formula is C19H25N3O5S2. The number of hydrogen-bond acceptors (Lipinski definition) is 7. The third-order valence-electron chi connectivity index (χ3n) is 4.93. The first kappa shape index (κ1) is 21.5. The summed E-state index contributed by atoms with van der Waals surface area (Å²) in [4.78, 5) is 17.7. The summed E-state index contributed by atoms with van der Waals surface area (Å²) < 4.78 is 32.5. The van der Waals surface area contributed by atoms with Crippen LogP contribution in [-0.2, 0) is 20.4 Å². The van der Waals surface area contributed by atoms with Crippen LogP contribution in [0.2, 0.25) is 0 Å². The van der Waals surface area contributed by atoms with Crippen LogP contribution in [0.1, 0.15) is 38.2 Å². The lowest BCUT2D eigenvalue weighted by Crippen LogP contribution is -2.45. The zero-order chi connectivity index (χ0) is 20.9. The molecule has 1 aromatic heterocycles. The number of ether oxygens (including phenoxy) is 1. The number of aromatic nitrogens is 1. The van der Waals surface area contributed by atoms with Gasteiger partial charge >= 0.3 is 6.09 Å². The monoisotopic (exact) mass is 439 g/mol. The second-order valence-corrected chi connectivity index (χ2v) is 9.53. The van der Waals surface area contributed by atoms with Crippen LogP contribution in [0.25, 0.3) is 0 Å². The molecule has 0 unspecified atom stereocenters. The molecule has 158 valence electrons. The summed E-state index contributed by atoms with van der Waals surface area (Å²) in [5.41, 5.74) is -0.477. The predicted octanol–water partition coefficient (Wildman–Crippen LogP) is 3.16. The number of carbonyl (C=O) groups excluding carboxylic acids is 1. The first-order valence-corrected chi connectivity index (χ1v) is 11.9. The zero-order valence-electron chi connectivity index (χ0n) is 16.2. The predicted molar refractivity (Wildman–Crippen MR) is 110 cm³/mol. The number of amides is 1. The van der Waals surface area contributed by atoms with Crippen molar-refractivity contribution >= 4 is 32.6 Å². The van der Waals surface area contributed by atoms with Crippen LogP contribution in [-0.4, -0.2) is 49.2 Å². The Morgan fingerprint density at radius 1 is 1.31 bits per heavy atom. The highest BCUT2D eigenvalue weighted by atomic mass is 32.2. The summed E-state index contributed by atoms with van der Waals surface area (Å²) >= 11 is 1.19. The Morgan fingerprint density at radius 2 is 2.00 bits per heavy atom. The second-order valence-electron chi connectivity index (χ2n) is 6.95. The molecule has 8 nitrogen and oxygen atoms in total. The van der Waals surface area contributed by atoms with E-state index in [1.165, 1.54) is 29.7 Å². The lowest BCUT2D eigenvalue weighted by Gasteiger charge is -2.38. The molecule has 2 aromatic rings. The van der Waals surface area contributed by atoms with Crippen LogP contribution in [0.4, 0.5) is 9.93 Å². The number of nitrogens with one attached hydrogen (secondary N) is 1. The largest absolute Gasteiger partial charge is 0.449 e. The number of aliphatic hydroxyl groups is 1. The number of sulfonamides is 1. The number of nitrogens with zero attached hydrogens (tertiary/aromatic N) is 2. The van der Waals surface area contributed by atoms with E-state index in [4.69, 9.17) is 4.74 Å². The van der Waals surface area contributed by atoms with Gasteiger partial charge in [-0.05, 0) is 37.0 Å². The van der Waals surface area contributed by atoms with E-state index in [0.717, 1.165) is 12.8 Å². The standard InChI is InChI=1S/C19H25N3O5S2/c1-2-3-13-27-18(23)22-11-8-19(24,9-12-22)15-4-6-16(7-5-15)29(25,26)21-17-20-10-14-28-17/h4-7,10,14,24H,2-3,8-9,11-13H2,1H3,(H,20,21). The van der Waals surface area contributed by atoms with Gasteiger partial charge in [-0.25, -0.2) is 18.2 Å². The van der Waals surface area contributed by atoms with Crippen molar-refractivity contribution in [3.63, 3.8) is 0 Å². The van der Waals surface area contributed by atoms with Gasteiger partial charge in [0.1, 0.15) is 0 Å². The number of benzene rings is 1. The molecule has 1 aliphatic rings. The first-order chi connectivity index (χ1) is 13.8. The van der Waals surface area contributed by atoms with E-state index in [-0.39, 0.29) is 11.0 Å². The van der Waals surface area contributed by atoms with Crippen LogP contribution in [0.3, 0.4) is 0 Å². The normalized spacial score (nSPS) is 16.4. The quantitative estimate of drug-likeness (QED) is 0.642. The number of piperidine rings is 1. The summed E-state index contributed by atoms with van der Waals surface area (Å²) in [6.45, 7) is 3.20. The van der Waals surface area contributed by atoms with Crippen LogP contribution in [0, 0.1) is 0 Å². The molecule has 29 heavy (non-hydrogen) atoms. The minimum absolute atomic E-state index is 0.0944. The lowest BCUT2D eigenvalue weighted by molar-refractivity contribution is -0.0249. The number of unbranched alkanes of at least 4 members (excludes halogenated alkanes) is 1. The fraction of sp³-hybridized carbons (Fsp3) is 0.474. The van der Waals surface area contributed by atoms with Crippen molar-refractivity contribution in [3.05, 3.63) is 41.4 Å². The number of hydrogen-bond donors (Lipinski definition) is 2. The van der Waals surface area contributed by atoms with Crippen molar-refractivity contribution in [1.29, 1.82) is 0 Å². The van der Waals surface area contributed by atoms with Crippen molar-refractivity contribution in [3.8, 4) is 0 Å². The maximum atomic E-state index is 12.4. The molecule has 0 saturated carbocycles. The van der Waals surface area contributed by atoms with E-state index in [9.17, 15) is 18.3 Å². The summed E-state index contributed by atoms with van der Waals surface area (Å²) in [5.74, 6) is 0. The van der Waals surface area contributed by atoms with E-state index in [0.29, 0.717) is 43.2 Å². The smallest absolute Gasteiger partial charge is 0.409 e. The fourth-order valence-corrected chi connectivity index (χ4v) is 4.92. The summed E-state index contributed by atoms with van der Waals surface area (Å²) in [5, 5.41) is 13.0. The molecule has 0 bridgehead atoms. The number of thiazole rings is 1. The Balaban J connectivity index is 1.62. The van der Waals surface area contributed by atoms with Gasteiger partial charge in [-0.2, -0.15) is 0 Å². The molecule has 10 heteroatoms. The highest BCUT2D eigenvalue weighted by molar-refractivity contribution is 7.93. The second kappa shape index (κ2) is 9.10. The minimum Gasteiger partial charge on any atom is -0.449 e. The Hall–Kier alpha value is -2.17. The van der Waals surface area contributed by atoms with E-state index < -0.39 is 15.6 Å². The Labute approximate surface area is 174 Å². The molecule has 3 rings (SSSR count). The molecule has 2 heterocycles. The minimum atomic E-state index is -3.73. The van der Waals surface area contributed by atoms with Crippen LogP contribution < -0.4 is 4.72 Å². The van der Waals surface area contributed by atoms with Crippen molar-refractivity contribution in [2.45, 2.75) is 43.1 Å². The highest BCUT2D eigenvalue weighted by Gasteiger charge is 2.36. The maximum absolute atomic E-state index is 12.4. The molecule has 1 fully saturated rings. The molecule has 2 N–H and O–H groups in total. The van der Waals surface area contributed by atoms with Gasteiger partial charge in [-0.1, -0.05) is 25.5 Å². The number of rotatable bonds is 7. The topological polar surface area (TPSA) is 109 Å². The highest BCUT2D eigenvalue weighted by Crippen LogP contribution is 2.33. The Bertz CT molecular complexity index is 906. The number of likely N-dealkylation sites (tertiary alicyclic amines) is 1. The van der Waals surface area contributed by atoms with Gasteiger partial charge in [-0.15, -0.1) is 11.3 Å². The third kappa shape index (κ3) is 5.26. The van der Waals surface area contributed by atoms with Crippen LogP contribution in [0.5, 0.6) is 0 Å². The molecule has 0 atom stereocenters. The molecular weight excluding hydrogens is 414 g/mol. The zero-order valence-corrected chi connectivity index (χ0v) is 17.8. The summed E-state index contributed by atoms with van der Waals surface area (Å²) in [7, 11) is -3.73. The molecule has 1 aromatic carbocycles. The lowest BCUT2D eigenvalue weighted by atomic mass is 9.84. The van der Waals surface area contributed by atoms with Gasteiger partial charge in [0.15, 0.2) is 5.13 Å². The molecule has 1 saturated heterocycles. The van der Waals surface area contributed by atoms with Gasteiger partial charge < -0.3 is 14.7 Å². The van der Waals surface area contributed by atoms with E-state index >= 15 is 0 Å². The summed E-state index contributed by atoms with van der Waals surface area (Å²) in [6, 6.07) is 6.17. The van der Waals surface area contributed by atoms with Gasteiger partial charge in [0.05, 0.1) is 17.1 Å². The molecule has 1 amide bonds. The Morgan fingerprint density at radius 3 is 2.59 bits per heavy atom. The first-order valence-electron chi connectivity index (χ1n) is 9.51. The van der Waals surface area contributed by atoms with Crippen molar-refractivity contribution in [2.75, 3.05) is 24.4 Å². The fourth-order valence-electron chi connectivity index (χ4n) is 3.14. The number of anilines is 1. The molecule has 0 aliphatic carbocycles. The Kier molecular flexibility index (Phi) is 6.76. The van der Waals surface area contributed by atoms with E-state index in [1.54, 1.807) is 22.4 Å². The van der Waals surface area contributed by atoms with E-state index in [1.807, 2.05) is 6.92 Å². The molecule has 0 radical (unpaired) electrons. The van der Waals surface area contributed by atoms with Gasteiger partial charge in [0, 0.05) is 24.7 Å². The van der Waals surface area contributed by atoms with Crippen LogP contribution >= 0.6 is 11.3 Å². The average Bonchev–Trinajstić information content (AvgIpc) is 3.21. The van der Waals surface area contributed by atoms with Gasteiger partial charge in [-0.3, -0.25) is 4.72 Å². The van der Waals surface area contributed by atoms with Gasteiger partial charge in [0.2, 0.25) is 0 Å².